The highest BCUT2D eigenvalue weighted by Gasteiger charge is 2.23. The normalized spacial score (nSPS) is 12.3. The Morgan fingerprint density at radius 3 is 2.24 bits per heavy atom. The van der Waals surface area contributed by atoms with Gasteiger partial charge in [-0.25, -0.2) is 4.98 Å². The van der Waals surface area contributed by atoms with Gasteiger partial charge in [0.15, 0.2) is 16.6 Å². The summed E-state index contributed by atoms with van der Waals surface area (Å²) in [5.74, 6) is 2.75. The fourth-order valence-electron chi connectivity index (χ4n) is 4.08. The number of anilines is 1. The van der Waals surface area contributed by atoms with Gasteiger partial charge in [0.1, 0.15) is 24.7 Å². The monoisotopic (exact) mass is 539 g/mol. The van der Waals surface area contributed by atoms with E-state index in [1.54, 1.807) is 17.0 Å². The van der Waals surface area contributed by atoms with E-state index in [4.69, 9.17) is 19.2 Å². The van der Waals surface area contributed by atoms with Gasteiger partial charge in [-0.15, -0.1) is 12.4 Å². The van der Waals surface area contributed by atoms with Crippen LogP contribution in [-0.4, -0.2) is 55.2 Å². The average Bonchev–Trinajstić information content (AvgIpc) is 3.33. The molecule has 1 aromatic heterocycles. The number of nitrogens with zero attached hydrogens (tertiary/aromatic N) is 3. The first kappa shape index (κ1) is 26.7. The van der Waals surface area contributed by atoms with E-state index in [1.165, 1.54) is 11.3 Å². The fourth-order valence-corrected chi connectivity index (χ4v) is 5.08. The number of rotatable bonds is 9. The number of thiazole rings is 1. The Hall–Kier alpha value is -3.33. The second-order valence-corrected chi connectivity index (χ2v) is 9.39. The van der Waals surface area contributed by atoms with Gasteiger partial charge in [0.25, 0.3) is 5.91 Å². The molecule has 1 aliphatic rings. The van der Waals surface area contributed by atoms with Gasteiger partial charge in [-0.3, -0.25) is 9.69 Å². The minimum absolute atomic E-state index is 0. The number of benzene rings is 3. The van der Waals surface area contributed by atoms with Crippen LogP contribution in [0.2, 0.25) is 0 Å². The Morgan fingerprint density at radius 2 is 1.57 bits per heavy atom. The first-order valence-electron chi connectivity index (χ1n) is 12.2. The van der Waals surface area contributed by atoms with E-state index in [9.17, 15) is 4.79 Å². The maximum Gasteiger partial charge on any atom is 0.260 e. The van der Waals surface area contributed by atoms with Gasteiger partial charge < -0.3 is 19.1 Å². The molecule has 1 amide bonds. The van der Waals surface area contributed by atoms with E-state index in [2.05, 4.69) is 18.7 Å². The molecular formula is C28H30ClN3O4S. The highest BCUT2D eigenvalue weighted by Crippen LogP contribution is 2.39. The van der Waals surface area contributed by atoms with E-state index in [0.29, 0.717) is 42.0 Å². The molecule has 0 spiro atoms. The number of aromatic nitrogens is 1. The van der Waals surface area contributed by atoms with Gasteiger partial charge >= 0.3 is 0 Å². The average molecular weight is 540 g/mol. The number of para-hydroxylation sites is 1. The maximum atomic E-state index is 13.7. The molecule has 0 atom stereocenters. The van der Waals surface area contributed by atoms with Crippen molar-refractivity contribution in [2.75, 3.05) is 44.3 Å². The molecule has 0 N–H and O–H groups in total. The molecule has 0 saturated carbocycles. The minimum atomic E-state index is -0.0928. The summed E-state index contributed by atoms with van der Waals surface area (Å²) in [6.07, 6.45) is 0. The van der Waals surface area contributed by atoms with Crippen molar-refractivity contribution in [3.05, 3.63) is 72.3 Å². The van der Waals surface area contributed by atoms with Crippen molar-refractivity contribution in [3.63, 3.8) is 0 Å². The van der Waals surface area contributed by atoms with Crippen LogP contribution in [0.5, 0.6) is 23.0 Å². The largest absolute Gasteiger partial charge is 0.486 e. The number of hydrogen-bond acceptors (Lipinski definition) is 7. The Bertz CT molecular complexity index is 1280. The number of ether oxygens (including phenoxy) is 3. The third-order valence-corrected chi connectivity index (χ3v) is 7.17. The molecule has 7 nitrogen and oxygen atoms in total. The number of halogens is 1. The minimum Gasteiger partial charge on any atom is -0.486 e. The Labute approximate surface area is 227 Å². The number of carbonyl (C=O) groups excluding carboxylic acids is 1. The summed E-state index contributed by atoms with van der Waals surface area (Å²) in [4.78, 5) is 22.6. The van der Waals surface area contributed by atoms with Gasteiger partial charge in [0.2, 0.25) is 0 Å². The molecule has 194 valence electrons. The number of carbonyl (C=O) groups is 1. The first-order chi connectivity index (χ1) is 17.6. The summed E-state index contributed by atoms with van der Waals surface area (Å²) in [5.41, 5.74) is 1.38. The van der Waals surface area contributed by atoms with Crippen LogP contribution in [0.25, 0.3) is 10.2 Å². The van der Waals surface area contributed by atoms with Crippen LogP contribution in [0, 0.1) is 0 Å². The van der Waals surface area contributed by atoms with Crippen LogP contribution in [0.4, 0.5) is 5.13 Å². The van der Waals surface area contributed by atoms with E-state index in [0.717, 1.165) is 41.3 Å². The summed E-state index contributed by atoms with van der Waals surface area (Å²) in [5, 5.41) is 0.661. The number of amides is 1. The molecule has 9 heteroatoms. The first-order valence-corrected chi connectivity index (χ1v) is 13.0. The molecule has 0 saturated heterocycles. The molecular weight excluding hydrogens is 510 g/mol. The quantitative estimate of drug-likeness (QED) is 0.250. The predicted octanol–water partition coefficient (Wildman–Crippen LogP) is 6.27. The number of likely N-dealkylation sites (N-methyl/N-ethyl adjacent to an activating group) is 1. The lowest BCUT2D eigenvalue weighted by atomic mass is 10.2. The lowest BCUT2D eigenvalue weighted by Gasteiger charge is -2.24. The molecule has 4 aromatic rings. The Balaban J connectivity index is 0.00000320. The van der Waals surface area contributed by atoms with E-state index in [1.807, 2.05) is 54.6 Å². The predicted molar refractivity (Wildman–Crippen MR) is 150 cm³/mol. The van der Waals surface area contributed by atoms with Crippen molar-refractivity contribution in [1.82, 2.24) is 9.88 Å². The van der Waals surface area contributed by atoms with E-state index >= 15 is 0 Å². The molecule has 37 heavy (non-hydrogen) atoms. The van der Waals surface area contributed by atoms with Crippen LogP contribution < -0.4 is 19.1 Å². The van der Waals surface area contributed by atoms with E-state index in [-0.39, 0.29) is 18.3 Å². The molecule has 0 fully saturated rings. The zero-order chi connectivity index (χ0) is 24.9. The maximum absolute atomic E-state index is 13.7. The molecule has 0 radical (unpaired) electrons. The van der Waals surface area contributed by atoms with Crippen molar-refractivity contribution >= 4 is 45.0 Å². The molecule has 2 heterocycles. The molecule has 0 unspecified atom stereocenters. The highest BCUT2D eigenvalue weighted by atomic mass is 35.5. The second-order valence-electron chi connectivity index (χ2n) is 8.38. The van der Waals surface area contributed by atoms with Crippen molar-refractivity contribution < 1.29 is 19.0 Å². The Kier molecular flexibility index (Phi) is 8.87. The number of hydrogen-bond donors (Lipinski definition) is 0. The van der Waals surface area contributed by atoms with Crippen molar-refractivity contribution in [3.8, 4) is 23.0 Å². The SMILES string of the molecule is CCN(CC)CCN(C(=O)c1ccc(Oc2ccccc2)cc1)c1nc2cc3c(cc2s1)OCCO3.Cl. The molecule has 0 bridgehead atoms. The second kappa shape index (κ2) is 12.3. The highest BCUT2D eigenvalue weighted by molar-refractivity contribution is 7.22. The summed E-state index contributed by atoms with van der Waals surface area (Å²) in [6, 6.07) is 20.7. The van der Waals surface area contributed by atoms with E-state index < -0.39 is 0 Å². The third-order valence-electron chi connectivity index (χ3n) is 6.13. The lowest BCUT2D eigenvalue weighted by molar-refractivity contribution is 0.0983. The van der Waals surface area contributed by atoms with Crippen molar-refractivity contribution in [1.29, 1.82) is 0 Å². The smallest absolute Gasteiger partial charge is 0.260 e. The van der Waals surface area contributed by atoms with Crippen LogP contribution in [-0.2, 0) is 0 Å². The van der Waals surface area contributed by atoms with Gasteiger partial charge in [-0.2, -0.15) is 0 Å². The fraction of sp³-hybridized carbons (Fsp3) is 0.286. The standard InChI is InChI=1S/C28H29N3O4S.ClH/c1-3-30(4-2)14-15-31(28-29-23-18-24-25(19-26(23)36-28)34-17-16-33-24)27(32)20-10-12-22(13-11-20)35-21-8-6-5-7-9-21;/h5-13,18-19H,3-4,14-17H2,1-2H3;1H. The summed E-state index contributed by atoms with van der Waals surface area (Å²) >= 11 is 1.49. The molecule has 1 aliphatic heterocycles. The van der Waals surface area contributed by atoms with Gasteiger partial charge in [0.05, 0.1) is 10.2 Å². The summed E-state index contributed by atoms with van der Waals surface area (Å²) < 4.78 is 18.3. The summed E-state index contributed by atoms with van der Waals surface area (Å²) in [6.45, 7) is 8.45. The lowest BCUT2D eigenvalue weighted by Crippen LogP contribution is -2.38. The van der Waals surface area contributed by atoms with Crippen LogP contribution in [0.3, 0.4) is 0 Å². The zero-order valence-corrected chi connectivity index (χ0v) is 22.5. The van der Waals surface area contributed by atoms with Crippen LogP contribution in [0.15, 0.2) is 66.7 Å². The van der Waals surface area contributed by atoms with Crippen molar-refractivity contribution in [2.24, 2.45) is 0 Å². The van der Waals surface area contributed by atoms with Gasteiger partial charge in [-0.1, -0.05) is 43.4 Å². The Morgan fingerprint density at radius 1 is 0.919 bits per heavy atom. The summed E-state index contributed by atoms with van der Waals surface area (Å²) in [7, 11) is 0. The molecule has 0 aliphatic carbocycles. The topological polar surface area (TPSA) is 64.1 Å². The van der Waals surface area contributed by atoms with Gasteiger partial charge in [0, 0.05) is 30.8 Å². The molecule has 3 aromatic carbocycles. The molecule has 5 rings (SSSR count). The zero-order valence-electron chi connectivity index (χ0n) is 20.9. The van der Waals surface area contributed by atoms with Crippen LogP contribution >= 0.6 is 23.7 Å². The van der Waals surface area contributed by atoms with Crippen molar-refractivity contribution in [2.45, 2.75) is 13.8 Å². The van der Waals surface area contributed by atoms with Crippen LogP contribution in [0.1, 0.15) is 24.2 Å². The third kappa shape index (κ3) is 6.15. The number of fused-ring (bicyclic) bond motifs is 2. The van der Waals surface area contributed by atoms with Gasteiger partial charge in [-0.05, 0) is 49.5 Å².